The number of hydrogen-bond donors (Lipinski definition) is 1. The van der Waals surface area contributed by atoms with E-state index in [1.54, 1.807) is 0 Å². The Morgan fingerprint density at radius 1 is 1.53 bits per heavy atom. The lowest BCUT2D eigenvalue weighted by molar-refractivity contribution is 0.116. The lowest BCUT2D eigenvalue weighted by Gasteiger charge is -2.14. The second kappa shape index (κ2) is 4.28. The van der Waals surface area contributed by atoms with Gasteiger partial charge in [0.1, 0.15) is 12.4 Å². The van der Waals surface area contributed by atoms with Gasteiger partial charge in [0, 0.05) is 19.1 Å². The molecule has 1 aliphatic rings. The van der Waals surface area contributed by atoms with E-state index in [9.17, 15) is 0 Å². The average Bonchev–Trinajstić information content (AvgIpc) is 2.82. The first-order valence-corrected chi connectivity index (χ1v) is 5.42. The molecule has 1 fully saturated rings. The Hall–Kier alpha value is -0.940. The summed E-state index contributed by atoms with van der Waals surface area (Å²) in [6, 6.07) is 0. The Balaban J connectivity index is 2.30. The molecule has 2 unspecified atom stereocenters. The summed E-state index contributed by atoms with van der Waals surface area (Å²) in [5, 5.41) is 17.3. The second-order valence-electron chi connectivity index (χ2n) is 3.85. The third-order valence-electron chi connectivity index (χ3n) is 3.02. The first-order valence-electron chi connectivity index (χ1n) is 5.42. The summed E-state index contributed by atoms with van der Waals surface area (Å²) in [6.45, 7) is 5.62. The maximum absolute atomic E-state index is 9.12. The van der Waals surface area contributed by atoms with Crippen LogP contribution < -0.4 is 0 Å². The molecule has 1 aliphatic heterocycles. The quantitative estimate of drug-likeness (QED) is 0.798. The van der Waals surface area contributed by atoms with E-state index in [1.807, 2.05) is 11.5 Å². The fraction of sp³-hybridized carbons (Fsp3) is 0.800. The normalized spacial score (nSPS) is 26.1. The first-order chi connectivity index (χ1) is 7.27. The predicted octanol–water partition coefficient (Wildman–Crippen LogP) is 0.683. The van der Waals surface area contributed by atoms with Crippen LogP contribution >= 0.6 is 0 Å². The number of aliphatic hydroxyl groups excluding tert-OH is 1. The zero-order valence-electron chi connectivity index (χ0n) is 9.18. The molecule has 1 saturated heterocycles. The van der Waals surface area contributed by atoms with Gasteiger partial charge in [-0.15, -0.1) is 10.2 Å². The highest BCUT2D eigenvalue weighted by Crippen LogP contribution is 2.30. The van der Waals surface area contributed by atoms with Gasteiger partial charge in [-0.2, -0.15) is 0 Å². The molecular formula is C10H17N3O2. The number of ether oxygens (including phenoxy) is 1. The van der Waals surface area contributed by atoms with Crippen molar-refractivity contribution in [1.29, 1.82) is 0 Å². The lowest BCUT2D eigenvalue weighted by atomic mass is 10.0. The topological polar surface area (TPSA) is 60.2 Å². The zero-order chi connectivity index (χ0) is 10.8. The SMILES string of the molecule is CCn1c(CO)nnc1C1CCOC1C. The molecule has 0 aliphatic carbocycles. The van der Waals surface area contributed by atoms with Crippen molar-refractivity contribution < 1.29 is 9.84 Å². The standard InChI is InChI=1S/C10H17N3O2/c1-3-13-9(6-14)11-12-10(13)8-4-5-15-7(8)2/h7-8,14H,3-6H2,1-2H3. The summed E-state index contributed by atoms with van der Waals surface area (Å²) in [7, 11) is 0. The van der Waals surface area contributed by atoms with E-state index in [0.717, 1.165) is 25.4 Å². The van der Waals surface area contributed by atoms with E-state index in [2.05, 4.69) is 17.1 Å². The van der Waals surface area contributed by atoms with Gasteiger partial charge >= 0.3 is 0 Å². The van der Waals surface area contributed by atoms with E-state index < -0.39 is 0 Å². The molecule has 0 spiro atoms. The molecule has 2 rings (SSSR count). The van der Waals surface area contributed by atoms with Crippen LogP contribution in [0.3, 0.4) is 0 Å². The van der Waals surface area contributed by atoms with Crippen molar-refractivity contribution in [3.8, 4) is 0 Å². The van der Waals surface area contributed by atoms with Gasteiger partial charge < -0.3 is 14.4 Å². The van der Waals surface area contributed by atoms with E-state index in [-0.39, 0.29) is 12.7 Å². The fourth-order valence-corrected chi connectivity index (χ4v) is 2.16. The molecule has 0 amide bonds. The maximum atomic E-state index is 9.12. The van der Waals surface area contributed by atoms with Gasteiger partial charge in [-0.25, -0.2) is 0 Å². The van der Waals surface area contributed by atoms with Crippen LogP contribution in [0.5, 0.6) is 0 Å². The highest BCUT2D eigenvalue weighted by molar-refractivity contribution is 5.05. The molecule has 15 heavy (non-hydrogen) atoms. The minimum absolute atomic E-state index is 0.0528. The maximum Gasteiger partial charge on any atom is 0.158 e. The van der Waals surface area contributed by atoms with E-state index >= 15 is 0 Å². The van der Waals surface area contributed by atoms with Crippen LogP contribution in [0.4, 0.5) is 0 Å². The molecule has 1 aromatic heterocycles. The molecule has 2 atom stereocenters. The Bertz CT molecular complexity index is 337. The molecule has 0 aromatic carbocycles. The minimum atomic E-state index is -0.0528. The highest BCUT2D eigenvalue weighted by Gasteiger charge is 2.30. The first kappa shape index (κ1) is 10.6. The van der Waals surface area contributed by atoms with Crippen LogP contribution in [0.25, 0.3) is 0 Å². The van der Waals surface area contributed by atoms with Crippen molar-refractivity contribution in [2.75, 3.05) is 6.61 Å². The predicted molar refractivity (Wildman–Crippen MR) is 54.4 cm³/mol. The van der Waals surface area contributed by atoms with Gasteiger partial charge in [-0.3, -0.25) is 0 Å². The van der Waals surface area contributed by atoms with Gasteiger partial charge in [-0.05, 0) is 20.3 Å². The fourth-order valence-electron chi connectivity index (χ4n) is 2.16. The highest BCUT2D eigenvalue weighted by atomic mass is 16.5. The molecule has 0 radical (unpaired) electrons. The molecule has 5 nitrogen and oxygen atoms in total. The second-order valence-corrected chi connectivity index (χ2v) is 3.85. The van der Waals surface area contributed by atoms with Crippen LogP contribution in [0.15, 0.2) is 0 Å². The number of aromatic nitrogens is 3. The molecule has 0 bridgehead atoms. The molecule has 2 heterocycles. The van der Waals surface area contributed by atoms with Crippen LogP contribution in [0.1, 0.15) is 37.8 Å². The van der Waals surface area contributed by atoms with Crippen LogP contribution in [0.2, 0.25) is 0 Å². The monoisotopic (exact) mass is 211 g/mol. The third-order valence-corrected chi connectivity index (χ3v) is 3.02. The Morgan fingerprint density at radius 3 is 2.87 bits per heavy atom. The van der Waals surface area contributed by atoms with Crippen molar-refractivity contribution in [2.45, 2.75) is 45.4 Å². The number of nitrogens with zero attached hydrogens (tertiary/aromatic N) is 3. The molecule has 1 aromatic rings. The largest absolute Gasteiger partial charge is 0.388 e. The zero-order valence-corrected chi connectivity index (χ0v) is 9.18. The molecular weight excluding hydrogens is 194 g/mol. The van der Waals surface area contributed by atoms with Crippen LogP contribution in [-0.4, -0.2) is 32.6 Å². The summed E-state index contributed by atoms with van der Waals surface area (Å²) in [5.41, 5.74) is 0. The number of rotatable bonds is 3. The van der Waals surface area contributed by atoms with Gasteiger partial charge in [0.2, 0.25) is 0 Å². The van der Waals surface area contributed by atoms with Crippen molar-refractivity contribution in [1.82, 2.24) is 14.8 Å². The van der Waals surface area contributed by atoms with E-state index in [1.165, 1.54) is 0 Å². The average molecular weight is 211 g/mol. The van der Waals surface area contributed by atoms with Crippen LogP contribution in [-0.2, 0) is 17.9 Å². The smallest absolute Gasteiger partial charge is 0.158 e. The summed E-state index contributed by atoms with van der Waals surface area (Å²) >= 11 is 0. The number of hydrogen-bond acceptors (Lipinski definition) is 4. The third kappa shape index (κ3) is 1.77. The van der Waals surface area contributed by atoms with Gasteiger partial charge in [-0.1, -0.05) is 0 Å². The van der Waals surface area contributed by atoms with E-state index in [4.69, 9.17) is 9.84 Å². The summed E-state index contributed by atoms with van der Waals surface area (Å²) < 4.78 is 7.50. The lowest BCUT2D eigenvalue weighted by Crippen LogP contribution is -2.16. The number of aliphatic hydroxyl groups is 1. The van der Waals surface area contributed by atoms with Gasteiger partial charge in [0.15, 0.2) is 5.82 Å². The Labute approximate surface area is 89.1 Å². The van der Waals surface area contributed by atoms with Gasteiger partial charge in [0.05, 0.1) is 6.10 Å². The summed E-state index contributed by atoms with van der Waals surface area (Å²) in [4.78, 5) is 0. The van der Waals surface area contributed by atoms with Crippen LogP contribution in [0, 0.1) is 0 Å². The van der Waals surface area contributed by atoms with Crippen molar-refractivity contribution in [3.63, 3.8) is 0 Å². The molecule has 84 valence electrons. The van der Waals surface area contributed by atoms with Crippen molar-refractivity contribution >= 4 is 0 Å². The van der Waals surface area contributed by atoms with Crippen molar-refractivity contribution in [3.05, 3.63) is 11.6 Å². The molecule has 0 saturated carbocycles. The molecule has 5 heteroatoms. The molecule has 1 N–H and O–H groups in total. The Morgan fingerprint density at radius 2 is 2.33 bits per heavy atom. The van der Waals surface area contributed by atoms with E-state index in [0.29, 0.717) is 11.7 Å². The Kier molecular flexibility index (Phi) is 3.02. The van der Waals surface area contributed by atoms with Gasteiger partial charge in [0.25, 0.3) is 0 Å². The summed E-state index contributed by atoms with van der Waals surface area (Å²) in [6.07, 6.45) is 1.19. The summed E-state index contributed by atoms with van der Waals surface area (Å²) in [5.74, 6) is 1.91. The van der Waals surface area contributed by atoms with Crippen molar-refractivity contribution in [2.24, 2.45) is 0 Å². The minimum Gasteiger partial charge on any atom is -0.388 e.